The minimum absolute atomic E-state index is 0.235. The van der Waals surface area contributed by atoms with E-state index in [1.54, 1.807) is 0 Å². The third kappa shape index (κ3) is 4.90. The van der Waals surface area contributed by atoms with Gasteiger partial charge in [-0.1, -0.05) is 31.4 Å². The smallest absolute Gasteiger partial charge is 0.191 e. The average Bonchev–Trinajstić information content (AvgIpc) is 3.20. The SMILES string of the molecule is CN=C(NCCc1nc2ccccc2[nH]1)NCC1(N2CCOCC2)CCCCC1. The highest BCUT2D eigenvalue weighted by molar-refractivity contribution is 5.79. The van der Waals surface area contributed by atoms with Crippen molar-refractivity contribution in [2.75, 3.05) is 46.4 Å². The second-order valence-corrected chi connectivity index (χ2v) is 8.19. The van der Waals surface area contributed by atoms with Crippen molar-refractivity contribution in [3.05, 3.63) is 30.1 Å². The molecule has 3 N–H and O–H groups in total. The monoisotopic (exact) mass is 398 g/mol. The van der Waals surface area contributed by atoms with Crippen LogP contribution in [0.25, 0.3) is 11.0 Å². The Kier molecular flexibility index (Phi) is 6.67. The summed E-state index contributed by atoms with van der Waals surface area (Å²) < 4.78 is 5.59. The van der Waals surface area contributed by atoms with Crippen molar-refractivity contribution >= 4 is 17.0 Å². The predicted octanol–water partition coefficient (Wildman–Crippen LogP) is 2.31. The minimum Gasteiger partial charge on any atom is -0.379 e. The first-order valence-electron chi connectivity index (χ1n) is 11.0. The van der Waals surface area contributed by atoms with E-state index in [0.717, 1.165) is 68.6 Å². The maximum Gasteiger partial charge on any atom is 0.191 e. The van der Waals surface area contributed by atoms with Crippen molar-refractivity contribution in [2.45, 2.75) is 44.1 Å². The number of nitrogens with one attached hydrogen (secondary N) is 3. The number of para-hydroxylation sites is 2. The van der Waals surface area contributed by atoms with Crippen LogP contribution in [0.3, 0.4) is 0 Å². The van der Waals surface area contributed by atoms with Gasteiger partial charge in [0.2, 0.25) is 0 Å². The van der Waals surface area contributed by atoms with Crippen LogP contribution in [0.1, 0.15) is 37.9 Å². The van der Waals surface area contributed by atoms with Gasteiger partial charge in [0.05, 0.1) is 24.2 Å². The second-order valence-electron chi connectivity index (χ2n) is 8.19. The molecule has 1 aliphatic carbocycles. The third-order valence-electron chi connectivity index (χ3n) is 6.37. The number of hydrogen-bond donors (Lipinski definition) is 3. The second kappa shape index (κ2) is 9.59. The Bertz CT molecular complexity index is 771. The first kappa shape index (κ1) is 20.2. The van der Waals surface area contributed by atoms with E-state index in [1.807, 2.05) is 25.2 Å². The van der Waals surface area contributed by atoms with Crippen LogP contribution in [0.5, 0.6) is 0 Å². The van der Waals surface area contributed by atoms with Crippen LogP contribution < -0.4 is 10.6 Å². The van der Waals surface area contributed by atoms with Crippen molar-refractivity contribution < 1.29 is 4.74 Å². The highest BCUT2D eigenvalue weighted by Gasteiger charge is 2.38. The Balaban J connectivity index is 1.30. The highest BCUT2D eigenvalue weighted by Crippen LogP contribution is 2.33. The number of aromatic amines is 1. The summed E-state index contributed by atoms with van der Waals surface area (Å²) in [6.07, 6.45) is 7.35. The number of benzene rings is 1. The van der Waals surface area contributed by atoms with E-state index in [-0.39, 0.29) is 5.54 Å². The van der Waals surface area contributed by atoms with E-state index in [0.29, 0.717) is 0 Å². The first-order chi connectivity index (χ1) is 14.3. The molecule has 7 nitrogen and oxygen atoms in total. The summed E-state index contributed by atoms with van der Waals surface area (Å²) >= 11 is 0. The number of ether oxygens (including phenoxy) is 1. The molecule has 1 aliphatic heterocycles. The molecule has 0 atom stereocenters. The number of imidazole rings is 1. The molecule has 7 heteroatoms. The molecule has 29 heavy (non-hydrogen) atoms. The molecule has 0 amide bonds. The van der Waals surface area contributed by atoms with E-state index < -0.39 is 0 Å². The van der Waals surface area contributed by atoms with Crippen molar-refractivity contribution in [1.29, 1.82) is 0 Å². The van der Waals surface area contributed by atoms with Gasteiger partial charge in [0.15, 0.2) is 5.96 Å². The quantitative estimate of drug-likeness (QED) is 0.514. The Morgan fingerprint density at radius 3 is 2.72 bits per heavy atom. The number of hydrogen-bond acceptors (Lipinski definition) is 4. The highest BCUT2D eigenvalue weighted by atomic mass is 16.5. The van der Waals surface area contributed by atoms with Crippen LogP contribution in [0.15, 0.2) is 29.3 Å². The number of morpholine rings is 1. The number of guanidine groups is 1. The lowest BCUT2D eigenvalue weighted by atomic mass is 9.80. The molecule has 0 unspecified atom stereocenters. The summed E-state index contributed by atoms with van der Waals surface area (Å²) in [5.74, 6) is 1.88. The van der Waals surface area contributed by atoms with E-state index in [9.17, 15) is 0 Å². The first-order valence-corrected chi connectivity index (χ1v) is 11.0. The van der Waals surface area contributed by atoms with E-state index in [4.69, 9.17) is 4.74 Å². The molecule has 2 heterocycles. The Hall–Kier alpha value is -2.12. The fourth-order valence-electron chi connectivity index (χ4n) is 4.74. The summed E-state index contributed by atoms with van der Waals surface area (Å²) in [7, 11) is 1.85. The Morgan fingerprint density at radius 2 is 1.97 bits per heavy atom. The standard InChI is InChI=1S/C22H34N6O/c1-23-21(24-12-9-20-26-18-7-3-4-8-19(18)27-20)25-17-22(10-5-2-6-11-22)28-13-15-29-16-14-28/h3-4,7-8H,2,5-6,9-17H2,1H3,(H,26,27)(H2,23,24,25). The lowest BCUT2D eigenvalue weighted by Crippen LogP contribution is -2.60. The summed E-state index contributed by atoms with van der Waals surface area (Å²) in [5, 5.41) is 7.07. The molecule has 2 aromatic rings. The fraction of sp³-hybridized carbons (Fsp3) is 0.636. The summed E-state index contributed by atoms with van der Waals surface area (Å²) in [6.45, 7) is 5.53. The maximum atomic E-state index is 5.59. The number of H-pyrrole nitrogens is 1. The molecule has 1 saturated carbocycles. The van der Waals surface area contributed by atoms with Gasteiger partial charge in [-0.3, -0.25) is 9.89 Å². The number of aliphatic imine (C=N–C) groups is 1. The van der Waals surface area contributed by atoms with Gasteiger partial charge in [-0.15, -0.1) is 0 Å². The van der Waals surface area contributed by atoms with E-state index in [2.05, 4.69) is 36.6 Å². The summed E-state index contributed by atoms with van der Waals surface area (Å²) in [4.78, 5) is 15.1. The zero-order valence-electron chi connectivity index (χ0n) is 17.5. The van der Waals surface area contributed by atoms with E-state index >= 15 is 0 Å². The van der Waals surface area contributed by atoms with Gasteiger partial charge in [-0.25, -0.2) is 4.98 Å². The van der Waals surface area contributed by atoms with Crippen molar-refractivity contribution in [3.8, 4) is 0 Å². The third-order valence-corrected chi connectivity index (χ3v) is 6.37. The van der Waals surface area contributed by atoms with Crippen molar-refractivity contribution in [3.63, 3.8) is 0 Å². The molecular weight excluding hydrogens is 364 g/mol. The van der Waals surface area contributed by atoms with Crippen LogP contribution >= 0.6 is 0 Å². The molecule has 0 bridgehead atoms. The van der Waals surface area contributed by atoms with Gasteiger partial charge >= 0.3 is 0 Å². The Labute approximate surface area is 173 Å². The topological polar surface area (TPSA) is 77.6 Å². The summed E-state index contributed by atoms with van der Waals surface area (Å²) in [5.41, 5.74) is 2.35. The van der Waals surface area contributed by atoms with Gasteiger partial charge < -0.3 is 20.4 Å². The van der Waals surface area contributed by atoms with Crippen LogP contribution in [-0.4, -0.2) is 72.8 Å². The van der Waals surface area contributed by atoms with Crippen LogP contribution in [0, 0.1) is 0 Å². The lowest BCUT2D eigenvalue weighted by Gasteiger charge is -2.48. The van der Waals surface area contributed by atoms with E-state index in [1.165, 1.54) is 32.1 Å². The molecule has 1 saturated heterocycles. The van der Waals surface area contributed by atoms with Gasteiger partial charge in [-0.2, -0.15) is 0 Å². The molecule has 2 aliphatic rings. The minimum atomic E-state index is 0.235. The average molecular weight is 399 g/mol. The van der Waals surface area contributed by atoms with Gasteiger partial charge in [0, 0.05) is 45.2 Å². The Morgan fingerprint density at radius 1 is 1.17 bits per heavy atom. The molecule has 1 aromatic carbocycles. The van der Waals surface area contributed by atoms with Crippen molar-refractivity contribution in [2.24, 2.45) is 4.99 Å². The van der Waals surface area contributed by atoms with Gasteiger partial charge in [0.25, 0.3) is 0 Å². The molecule has 4 rings (SSSR count). The molecular formula is C22H34N6O. The van der Waals surface area contributed by atoms with Gasteiger partial charge in [-0.05, 0) is 25.0 Å². The summed E-state index contributed by atoms with van der Waals surface area (Å²) in [6, 6.07) is 8.16. The number of aromatic nitrogens is 2. The zero-order chi connectivity index (χ0) is 19.9. The number of nitrogens with zero attached hydrogens (tertiary/aromatic N) is 3. The van der Waals surface area contributed by atoms with Crippen LogP contribution in [-0.2, 0) is 11.2 Å². The molecule has 2 fully saturated rings. The number of rotatable bonds is 6. The fourth-order valence-corrected chi connectivity index (χ4v) is 4.74. The molecule has 0 spiro atoms. The zero-order valence-corrected chi connectivity index (χ0v) is 17.5. The van der Waals surface area contributed by atoms with Crippen molar-refractivity contribution in [1.82, 2.24) is 25.5 Å². The number of fused-ring (bicyclic) bond motifs is 1. The molecule has 0 radical (unpaired) electrons. The predicted molar refractivity (Wildman–Crippen MR) is 117 cm³/mol. The largest absolute Gasteiger partial charge is 0.379 e. The molecule has 1 aromatic heterocycles. The maximum absolute atomic E-state index is 5.59. The van der Waals surface area contributed by atoms with Crippen LogP contribution in [0.2, 0.25) is 0 Å². The van der Waals surface area contributed by atoms with Crippen LogP contribution in [0.4, 0.5) is 0 Å². The molecule has 158 valence electrons. The van der Waals surface area contributed by atoms with Gasteiger partial charge in [0.1, 0.15) is 5.82 Å². The normalized spacial score (nSPS) is 20.7. The lowest BCUT2D eigenvalue weighted by molar-refractivity contribution is -0.0352.